The zero-order chi connectivity index (χ0) is 22.8. The maximum absolute atomic E-state index is 14.2. The van der Waals surface area contributed by atoms with Gasteiger partial charge in [0.15, 0.2) is 0 Å². The van der Waals surface area contributed by atoms with Gasteiger partial charge < -0.3 is 30.2 Å². The van der Waals surface area contributed by atoms with Crippen LogP contribution in [0.1, 0.15) is 37.5 Å². The summed E-state index contributed by atoms with van der Waals surface area (Å²) in [4.78, 5) is 44.7. The number of carboxylic acid groups (broad SMARTS) is 2. The van der Waals surface area contributed by atoms with E-state index in [4.69, 9.17) is 9.84 Å². The number of benzene rings is 1. The molecule has 0 spiro atoms. The highest BCUT2D eigenvalue weighted by atomic mass is 19.1. The number of nitrogens with zero attached hydrogens (tertiary/aromatic N) is 2. The van der Waals surface area contributed by atoms with E-state index in [0.717, 1.165) is 6.07 Å². The molecular weight excluding hydrogens is 425 g/mol. The van der Waals surface area contributed by atoms with Crippen LogP contribution in [0.25, 0.3) is 11.0 Å². The van der Waals surface area contributed by atoms with Crippen molar-refractivity contribution in [1.29, 1.82) is 0 Å². The molecule has 4 rings (SSSR count). The Bertz CT molecular complexity index is 1040. The number of fused-ring (bicyclic) bond motifs is 1. The van der Waals surface area contributed by atoms with Gasteiger partial charge in [-0.25, -0.2) is 19.0 Å². The number of halogens is 1. The number of carbonyl (C=O) groups excluding carboxylic acids is 1. The van der Waals surface area contributed by atoms with E-state index < -0.39 is 30.1 Å². The summed E-state index contributed by atoms with van der Waals surface area (Å²) in [7, 11) is 0. The highest BCUT2D eigenvalue weighted by Gasteiger charge is 2.40. The smallest absolute Gasteiger partial charge is 0.409 e. The molecule has 32 heavy (non-hydrogen) atoms. The number of likely N-dealkylation sites (tertiary alicyclic amines) is 1. The molecule has 2 aromatic rings. The Hall–Kier alpha value is -3.41. The Balaban J connectivity index is 1.60. The molecular formula is C20H24FN5O6. The summed E-state index contributed by atoms with van der Waals surface area (Å²) in [6.07, 6.45) is -0.167. The molecule has 0 aliphatic carbocycles. The van der Waals surface area contributed by atoms with Crippen molar-refractivity contribution in [3.05, 3.63) is 23.8 Å². The topological polar surface area (TPSA) is 157 Å². The molecule has 0 radical (unpaired) electrons. The standard InChI is InChI=1S/C20H24FN5O6/c21-11-8-13-14(9-12(11)24-19(28)29)23-17(22-13)15-2-1-5-26(15)18(27)16(25-20(30)31)10-3-6-32-7-4-10/h8-10,15-16,24-25H,1-7H2,(H,22,23)(H,28,29)(H,30,31)/t15-,16-/m0/s1. The number of carbonyl (C=O) groups is 3. The number of nitrogens with one attached hydrogen (secondary N) is 3. The largest absolute Gasteiger partial charge is 0.465 e. The van der Waals surface area contributed by atoms with Gasteiger partial charge in [-0.3, -0.25) is 10.1 Å². The summed E-state index contributed by atoms with van der Waals surface area (Å²) in [6.45, 7) is 1.39. The van der Waals surface area contributed by atoms with Crippen molar-refractivity contribution in [1.82, 2.24) is 20.2 Å². The van der Waals surface area contributed by atoms with Crippen LogP contribution in [0, 0.1) is 11.7 Å². The lowest BCUT2D eigenvalue weighted by Gasteiger charge is -2.33. The zero-order valence-corrected chi connectivity index (χ0v) is 17.1. The molecule has 2 aliphatic rings. The molecule has 1 aromatic heterocycles. The van der Waals surface area contributed by atoms with Crippen LogP contribution >= 0.6 is 0 Å². The first kappa shape index (κ1) is 21.8. The van der Waals surface area contributed by atoms with Crippen LogP contribution in [0.2, 0.25) is 0 Å². The van der Waals surface area contributed by atoms with E-state index in [1.165, 1.54) is 6.07 Å². The lowest BCUT2D eigenvalue weighted by Crippen LogP contribution is -2.52. The predicted molar refractivity (Wildman–Crippen MR) is 110 cm³/mol. The van der Waals surface area contributed by atoms with E-state index in [9.17, 15) is 23.9 Å². The number of hydrogen-bond acceptors (Lipinski definition) is 5. The molecule has 0 bridgehead atoms. The number of ether oxygens (including phenoxy) is 1. The molecule has 5 N–H and O–H groups in total. The van der Waals surface area contributed by atoms with E-state index in [1.807, 2.05) is 5.32 Å². The van der Waals surface area contributed by atoms with Gasteiger partial charge in [0.1, 0.15) is 17.7 Å². The number of anilines is 1. The second-order valence-electron chi connectivity index (χ2n) is 7.97. The Morgan fingerprint density at radius 3 is 2.62 bits per heavy atom. The minimum Gasteiger partial charge on any atom is -0.465 e. The zero-order valence-electron chi connectivity index (χ0n) is 17.1. The Labute approximate surface area is 181 Å². The quantitative estimate of drug-likeness (QED) is 0.469. The van der Waals surface area contributed by atoms with Gasteiger partial charge in [-0.1, -0.05) is 0 Å². The van der Waals surface area contributed by atoms with E-state index in [1.54, 1.807) is 4.90 Å². The number of aromatic amines is 1. The molecule has 2 saturated heterocycles. The molecule has 1 aromatic carbocycles. The van der Waals surface area contributed by atoms with Crippen LogP contribution in [-0.2, 0) is 9.53 Å². The van der Waals surface area contributed by atoms with Crippen LogP contribution in [-0.4, -0.2) is 69.0 Å². The van der Waals surface area contributed by atoms with Crippen molar-refractivity contribution >= 4 is 34.8 Å². The summed E-state index contributed by atoms with van der Waals surface area (Å²) in [5, 5.41) is 22.5. The number of H-pyrrole nitrogens is 1. The molecule has 172 valence electrons. The van der Waals surface area contributed by atoms with E-state index in [-0.39, 0.29) is 17.5 Å². The first-order valence-corrected chi connectivity index (χ1v) is 10.4. The molecule has 0 saturated carbocycles. The third kappa shape index (κ3) is 4.44. The average Bonchev–Trinajstić information content (AvgIpc) is 3.38. The van der Waals surface area contributed by atoms with Crippen molar-refractivity contribution in [2.24, 2.45) is 5.92 Å². The number of rotatable bonds is 5. The molecule has 2 aliphatic heterocycles. The monoisotopic (exact) mass is 449 g/mol. The second-order valence-corrected chi connectivity index (χ2v) is 7.97. The van der Waals surface area contributed by atoms with Gasteiger partial charge in [0.05, 0.1) is 22.8 Å². The maximum Gasteiger partial charge on any atom is 0.409 e. The van der Waals surface area contributed by atoms with E-state index in [2.05, 4.69) is 15.3 Å². The number of hydrogen-bond donors (Lipinski definition) is 5. The van der Waals surface area contributed by atoms with Gasteiger partial charge in [-0.2, -0.15) is 0 Å². The third-order valence-corrected chi connectivity index (χ3v) is 5.96. The fourth-order valence-corrected chi connectivity index (χ4v) is 4.48. The van der Waals surface area contributed by atoms with E-state index in [0.29, 0.717) is 62.3 Å². The third-order valence-electron chi connectivity index (χ3n) is 5.96. The van der Waals surface area contributed by atoms with Gasteiger partial charge in [0.2, 0.25) is 5.91 Å². The predicted octanol–water partition coefficient (Wildman–Crippen LogP) is 2.52. The lowest BCUT2D eigenvalue weighted by molar-refractivity contribution is -0.136. The highest BCUT2D eigenvalue weighted by molar-refractivity contribution is 5.88. The fourth-order valence-electron chi connectivity index (χ4n) is 4.48. The van der Waals surface area contributed by atoms with Crippen molar-refractivity contribution in [2.75, 3.05) is 25.1 Å². The minimum atomic E-state index is -1.39. The Morgan fingerprint density at radius 2 is 1.94 bits per heavy atom. The Morgan fingerprint density at radius 1 is 1.19 bits per heavy atom. The van der Waals surface area contributed by atoms with Crippen molar-refractivity contribution in [3.8, 4) is 0 Å². The van der Waals surface area contributed by atoms with Crippen LogP contribution < -0.4 is 10.6 Å². The number of aromatic nitrogens is 2. The average molecular weight is 449 g/mol. The summed E-state index contributed by atoms with van der Waals surface area (Å²) >= 11 is 0. The molecule has 11 nitrogen and oxygen atoms in total. The first-order valence-electron chi connectivity index (χ1n) is 10.4. The van der Waals surface area contributed by atoms with Crippen molar-refractivity contribution in [3.63, 3.8) is 0 Å². The molecule has 0 unspecified atom stereocenters. The molecule has 2 fully saturated rings. The van der Waals surface area contributed by atoms with Crippen molar-refractivity contribution in [2.45, 2.75) is 37.8 Å². The molecule has 12 heteroatoms. The summed E-state index contributed by atoms with van der Waals surface area (Å²) in [6, 6.07) is 1.13. The number of imidazole rings is 1. The normalized spacial score (nSPS) is 20.3. The van der Waals surface area contributed by atoms with Crippen LogP contribution in [0.15, 0.2) is 12.1 Å². The van der Waals surface area contributed by atoms with Crippen LogP contribution in [0.5, 0.6) is 0 Å². The summed E-state index contributed by atoms with van der Waals surface area (Å²) in [5.74, 6) is -0.789. The fraction of sp³-hybridized carbons (Fsp3) is 0.500. The van der Waals surface area contributed by atoms with E-state index >= 15 is 0 Å². The highest BCUT2D eigenvalue weighted by Crippen LogP contribution is 2.34. The summed E-state index contributed by atoms with van der Waals surface area (Å²) < 4.78 is 19.5. The molecule has 2 atom stereocenters. The van der Waals surface area contributed by atoms with Gasteiger partial charge in [-0.05, 0) is 37.7 Å². The van der Waals surface area contributed by atoms with Crippen molar-refractivity contribution < 1.29 is 33.7 Å². The van der Waals surface area contributed by atoms with Gasteiger partial charge in [-0.15, -0.1) is 0 Å². The van der Waals surface area contributed by atoms with Crippen LogP contribution in [0.4, 0.5) is 19.7 Å². The lowest BCUT2D eigenvalue weighted by atomic mass is 9.90. The molecule has 3 heterocycles. The van der Waals surface area contributed by atoms with Gasteiger partial charge >= 0.3 is 12.2 Å². The number of amides is 3. The van der Waals surface area contributed by atoms with Crippen LogP contribution in [0.3, 0.4) is 0 Å². The minimum absolute atomic E-state index is 0.164. The Kier molecular flexibility index (Phi) is 6.12. The van der Waals surface area contributed by atoms with Gasteiger partial charge in [0.25, 0.3) is 0 Å². The second kappa shape index (κ2) is 8.99. The van der Waals surface area contributed by atoms with Gasteiger partial charge in [0, 0.05) is 25.8 Å². The maximum atomic E-state index is 14.2. The SMILES string of the molecule is O=C(O)Nc1cc2nc([C@@H]3CCCN3C(=O)[C@@H](NC(=O)O)C3CCOCC3)[nH]c2cc1F. The summed E-state index contributed by atoms with van der Waals surface area (Å²) in [5.41, 5.74) is 0.513. The first-order chi connectivity index (χ1) is 15.3. The molecule has 3 amide bonds.